The van der Waals surface area contributed by atoms with Crippen LogP contribution in [0.4, 0.5) is 4.79 Å². The number of carbonyl (C=O) groups is 2. The van der Waals surface area contributed by atoms with Crippen molar-refractivity contribution in [3.63, 3.8) is 0 Å². The molecule has 0 N–H and O–H groups in total. The van der Waals surface area contributed by atoms with Gasteiger partial charge in [0.1, 0.15) is 6.61 Å². The minimum absolute atomic E-state index is 0.285. The lowest BCUT2D eigenvalue weighted by Crippen LogP contribution is -2.48. The zero-order chi connectivity index (χ0) is 13.7. The molecule has 0 radical (unpaired) electrons. The third kappa shape index (κ3) is 3.71. The maximum Gasteiger partial charge on any atom is 0.410 e. The number of nitrogens with zero attached hydrogens (tertiary/aromatic N) is 2. The minimum atomic E-state index is -0.314. The second-order valence-corrected chi connectivity index (χ2v) is 4.67. The average Bonchev–Trinajstić information content (AvgIpc) is 2.46. The highest BCUT2D eigenvalue weighted by molar-refractivity contribution is 5.68. The van der Waals surface area contributed by atoms with Crippen LogP contribution >= 0.6 is 0 Å². The summed E-state index contributed by atoms with van der Waals surface area (Å²) in [5, 5.41) is 0. The fraction of sp³-hybridized carbons (Fsp3) is 0.429. The van der Waals surface area contributed by atoms with Gasteiger partial charge in [-0.15, -0.1) is 0 Å². The predicted octanol–water partition coefficient (Wildman–Crippen LogP) is 1.41. The number of hydrogen-bond acceptors (Lipinski definition) is 3. The average molecular weight is 262 g/mol. The highest BCUT2D eigenvalue weighted by atomic mass is 16.6. The Kier molecular flexibility index (Phi) is 4.39. The Labute approximate surface area is 112 Å². The highest BCUT2D eigenvalue weighted by Crippen LogP contribution is 2.07. The minimum Gasteiger partial charge on any atom is -0.445 e. The summed E-state index contributed by atoms with van der Waals surface area (Å²) >= 11 is 0. The standard InChI is InChI=1S/C14H18N2O3/c1-12-2-4-13(5-3-12)10-19-14(18)16-8-6-15(11-17)7-9-16/h2-5,11H,6-10H2,1H3. The van der Waals surface area contributed by atoms with E-state index < -0.39 is 0 Å². The van der Waals surface area contributed by atoms with Crippen molar-refractivity contribution in [2.24, 2.45) is 0 Å². The summed E-state index contributed by atoms with van der Waals surface area (Å²) in [6.07, 6.45) is 0.501. The molecule has 1 heterocycles. The van der Waals surface area contributed by atoms with E-state index >= 15 is 0 Å². The van der Waals surface area contributed by atoms with Gasteiger partial charge in [-0.3, -0.25) is 4.79 Å². The second kappa shape index (κ2) is 6.22. The normalized spacial score (nSPS) is 15.2. The topological polar surface area (TPSA) is 49.9 Å². The zero-order valence-electron chi connectivity index (χ0n) is 11.0. The lowest BCUT2D eigenvalue weighted by atomic mass is 10.2. The Morgan fingerprint density at radius 1 is 1.21 bits per heavy atom. The lowest BCUT2D eigenvalue weighted by molar-refractivity contribution is -0.119. The van der Waals surface area contributed by atoms with E-state index in [4.69, 9.17) is 4.74 Å². The van der Waals surface area contributed by atoms with E-state index in [0.29, 0.717) is 26.2 Å². The summed E-state index contributed by atoms with van der Waals surface area (Å²) in [6.45, 7) is 4.51. The summed E-state index contributed by atoms with van der Waals surface area (Å²) in [6, 6.07) is 7.89. The molecule has 2 rings (SSSR count). The second-order valence-electron chi connectivity index (χ2n) is 4.67. The Hall–Kier alpha value is -2.04. The van der Waals surface area contributed by atoms with Crippen molar-refractivity contribution in [1.82, 2.24) is 9.80 Å². The molecule has 1 aliphatic heterocycles. The molecule has 102 valence electrons. The number of piperazine rings is 1. The number of hydrogen-bond donors (Lipinski definition) is 0. The van der Waals surface area contributed by atoms with Crippen molar-refractivity contribution in [3.8, 4) is 0 Å². The van der Waals surface area contributed by atoms with Gasteiger partial charge in [0.05, 0.1) is 0 Å². The number of benzene rings is 1. The molecule has 5 heteroatoms. The van der Waals surface area contributed by atoms with Gasteiger partial charge in [-0.1, -0.05) is 29.8 Å². The lowest BCUT2D eigenvalue weighted by Gasteiger charge is -2.31. The van der Waals surface area contributed by atoms with Crippen LogP contribution in [-0.4, -0.2) is 48.5 Å². The molecule has 0 spiro atoms. The van der Waals surface area contributed by atoms with Gasteiger partial charge >= 0.3 is 6.09 Å². The summed E-state index contributed by atoms with van der Waals surface area (Å²) in [4.78, 5) is 25.7. The van der Waals surface area contributed by atoms with Gasteiger partial charge in [0.25, 0.3) is 0 Å². The van der Waals surface area contributed by atoms with Crippen LogP contribution in [0.1, 0.15) is 11.1 Å². The van der Waals surface area contributed by atoms with E-state index in [1.165, 1.54) is 5.56 Å². The van der Waals surface area contributed by atoms with Crippen molar-refractivity contribution in [3.05, 3.63) is 35.4 Å². The third-order valence-electron chi connectivity index (χ3n) is 3.20. The van der Waals surface area contributed by atoms with E-state index in [2.05, 4.69) is 0 Å². The fourth-order valence-electron chi connectivity index (χ4n) is 1.93. The molecule has 0 atom stereocenters. The summed E-state index contributed by atoms with van der Waals surface area (Å²) in [7, 11) is 0. The van der Waals surface area contributed by atoms with Gasteiger partial charge in [0.15, 0.2) is 0 Å². The van der Waals surface area contributed by atoms with E-state index in [9.17, 15) is 9.59 Å². The highest BCUT2D eigenvalue weighted by Gasteiger charge is 2.21. The maximum atomic E-state index is 11.8. The maximum absolute atomic E-state index is 11.8. The van der Waals surface area contributed by atoms with Crippen LogP contribution in [0.25, 0.3) is 0 Å². The van der Waals surface area contributed by atoms with E-state index in [1.807, 2.05) is 31.2 Å². The molecular formula is C14H18N2O3. The molecule has 1 aromatic rings. The number of aryl methyl sites for hydroxylation is 1. The van der Waals surface area contributed by atoms with Gasteiger partial charge in [-0.2, -0.15) is 0 Å². The molecule has 1 aliphatic rings. The number of ether oxygens (including phenoxy) is 1. The molecule has 0 saturated carbocycles. The van der Waals surface area contributed by atoms with Crippen molar-refractivity contribution < 1.29 is 14.3 Å². The van der Waals surface area contributed by atoms with E-state index in [1.54, 1.807) is 9.80 Å². The van der Waals surface area contributed by atoms with Crippen LogP contribution in [0.3, 0.4) is 0 Å². The first kappa shape index (κ1) is 13.4. The van der Waals surface area contributed by atoms with Gasteiger partial charge in [0, 0.05) is 26.2 Å². The van der Waals surface area contributed by atoms with Gasteiger partial charge in [-0.25, -0.2) is 4.79 Å². The molecule has 2 amide bonds. The van der Waals surface area contributed by atoms with Crippen LogP contribution in [0.5, 0.6) is 0 Å². The number of amides is 2. The predicted molar refractivity (Wildman–Crippen MR) is 70.6 cm³/mol. The third-order valence-corrected chi connectivity index (χ3v) is 3.20. The quantitative estimate of drug-likeness (QED) is 0.774. The van der Waals surface area contributed by atoms with E-state index in [0.717, 1.165) is 12.0 Å². The van der Waals surface area contributed by atoms with Gasteiger partial charge in [0.2, 0.25) is 6.41 Å². The molecular weight excluding hydrogens is 244 g/mol. The van der Waals surface area contributed by atoms with Crippen molar-refractivity contribution >= 4 is 12.5 Å². The van der Waals surface area contributed by atoms with Crippen molar-refractivity contribution in [2.45, 2.75) is 13.5 Å². The Bertz CT molecular complexity index is 437. The first-order chi connectivity index (χ1) is 9.19. The Balaban J connectivity index is 1.78. The monoisotopic (exact) mass is 262 g/mol. The molecule has 1 saturated heterocycles. The molecule has 19 heavy (non-hydrogen) atoms. The fourth-order valence-corrected chi connectivity index (χ4v) is 1.93. The molecule has 0 bridgehead atoms. The van der Waals surface area contributed by atoms with Crippen molar-refractivity contribution in [2.75, 3.05) is 26.2 Å². The molecule has 5 nitrogen and oxygen atoms in total. The van der Waals surface area contributed by atoms with E-state index in [-0.39, 0.29) is 12.7 Å². The molecule has 1 fully saturated rings. The SMILES string of the molecule is Cc1ccc(COC(=O)N2CCN(C=O)CC2)cc1. The smallest absolute Gasteiger partial charge is 0.410 e. The van der Waals surface area contributed by atoms with Crippen LogP contribution in [0.15, 0.2) is 24.3 Å². The zero-order valence-corrected chi connectivity index (χ0v) is 11.0. The molecule has 1 aromatic carbocycles. The molecule has 0 aliphatic carbocycles. The first-order valence-electron chi connectivity index (χ1n) is 6.35. The largest absolute Gasteiger partial charge is 0.445 e. The van der Waals surface area contributed by atoms with Crippen LogP contribution < -0.4 is 0 Å². The first-order valence-corrected chi connectivity index (χ1v) is 6.35. The summed E-state index contributed by atoms with van der Waals surface area (Å²) in [5.74, 6) is 0. The Morgan fingerprint density at radius 2 is 1.84 bits per heavy atom. The van der Waals surface area contributed by atoms with Crippen LogP contribution in [0, 0.1) is 6.92 Å². The van der Waals surface area contributed by atoms with Gasteiger partial charge < -0.3 is 14.5 Å². The van der Waals surface area contributed by atoms with Crippen LogP contribution in [0.2, 0.25) is 0 Å². The molecule has 0 aromatic heterocycles. The van der Waals surface area contributed by atoms with Crippen molar-refractivity contribution in [1.29, 1.82) is 0 Å². The number of rotatable bonds is 3. The summed E-state index contributed by atoms with van der Waals surface area (Å²) < 4.78 is 5.26. The van der Waals surface area contributed by atoms with Crippen LogP contribution in [-0.2, 0) is 16.1 Å². The summed E-state index contributed by atoms with van der Waals surface area (Å²) in [5.41, 5.74) is 2.16. The molecule has 0 unspecified atom stereocenters. The van der Waals surface area contributed by atoms with Gasteiger partial charge in [-0.05, 0) is 12.5 Å². The Morgan fingerprint density at radius 3 is 2.42 bits per heavy atom. The number of carbonyl (C=O) groups excluding carboxylic acids is 2.